The van der Waals surface area contributed by atoms with Crippen molar-refractivity contribution in [2.45, 2.75) is 80.4 Å². The fourth-order valence-corrected chi connectivity index (χ4v) is 4.42. The topological polar surface area (TPSA) is 296 Å². The lowest BCUT2D eigenvalue weighted by molar-refractivity contribution is -0.229. The number of carbonyl (C=O) groups is 3. The number of amides is 3. The van der Waals surface area contributed by atoms with Crippen LogP contribution in [0.4, 0.5) is 0 Å². The molecular weight excluding hydrogens is 542 g/mol. The van der Waals surface area contributed by atoms with E-state index in [4.69, 9.17) is 15.2 Å². The van der Waals surface area contributed by atoms with Gasteiger partial charge in [0, 0.05) is 25.2 Å². The Morgan fingerprint density at radius 2 is 1.62 bits per heavy atom. The Bertz CT molecular complexity index is 1170. The number of aromatic nitrogens is 2. The van der Waals surface area contributed by atoms with E-state index >= 15 is 0 Å². The smallest absolute Gasteiger partial charge is 0.330 e. The number of primary amides is 1. The van der Waals surface area contributed by atoms with Crippen molar-refractivity contribution in [2.24, 2.45) is 5.73 Å². The van der Waals surface area contributed by atoms with Crippen LogP contribution in [0.15, 0.2) is 21.9 Å². The molecule has 0 radical (unpaired) electrons. The highest BCUT2D eigenvalue weighted by Gasteiger charge is 2.45. The summed E-state index contributed by atoms with van der Waals surface area (Å²) in [5.41, 5.74) is 3.57. The number of rotatable bonds is 11. The summed E-state index contributed by atoms with van der Waals surface area (Å²) in [6.45, 7) is -1.10. The van der Waals surface area contributed by atoms with Gasteiger partial charge in [-0.2, -0.15) is 0 Å². The molecule has 10 atom stereocenters. The molecule has 2 aliphatic rings. The second-order valence-electron chi connectivity index (χ2n) is 9.51. The van der Waals surface area contributed by atoms with Crippen LogP contribution in [0.3, 0.4) is 0 Å². The van der Waals surface area contributed by atoms with E-state index in [0.29, 0.717) is 0 Å². The van der Waals surface area contributed by atoms with E-state index in [2.05, 4.69) is 10.6 Å². The zero-order valence-electron chi connectivity index (χ0n) is 21.0. The fraction of sp³-hybridized carbons (Fsp3) is 0.682. The molecule has 3 rings (SSSR count). The minimum atomic E-state index is -1.71. The SMILES string of the molecule is NC(=O)CC[C@H](NC(=O)C[C@H]1O[C@H](CO)[C@H](O)[C@H](O)[C@H]1O)C(=O)NC[C@H]1O[C@@H](n2ccc(=O)[nH]c2=O)[C@H](O)[C@@H]1O. The summed E-state index contributed by atoms with van der Waals surface area (Å²) in [7, 11) is 0. The molecule has 3 heterocycles. The summed E-state index contributed by atoms with van der Waals surface area (Å²) in [4.78, 5) is 62.1. The number of hydrogen-bond donors (Lipinski definition) is 10. The number of ether oxygens (including phenoxy) is 2. The molecule has 2 saturated heterocycles. The average molecular weight is 576 g/mol. The van der Waals surface area contributed by atoms with Crippen molar-refractivity contribution >= 4 is 17.7 Å². The summed E-state index contributed by atoms with van der Waals surface area (Å²) in [6.07, 6.45) is -13.4. The van der Waals surface area contributed by atoms with Gasteiger partial charge < -0.3 is 56.5 Å². The van der Waals surface area contributed by atoms with Gasteiger partial charge in [0.15, 0.2) is 6.23 Å². The third kappa shape index (κ3) is 7.29. The predicted molar refractivity (Wildman–Crippen MR) is 129 cm³/mol. The van der Waals surface area contributed by atoms with Crippen molar-refractivity contribution in [2.75, 3.05) is 13.2 Å². The highest BCUT2D eigenvalue weighted by molar-refractivity contribution is 5.88. The van der Waals surface area contributed by atoms with Crippen LogP contribution in [-0.2, 0) is 23.9 Å². The first-order valence-corrected chi connectivity index (χ1v) is 12.3. The number of aromatic amines is 1. The van der Waals surface area contributed by atoms with Gasteiger partial charge in [0.25, 0.3) is 5.56 Å². The Kier molecular flexibility index (Phi) is 10.5. The fourth-order valence-electron chi connectivity index (χ4n) is 4.42. The highest BCUT2D eigenvalue weighted by atomic mass is 16.6. The van der Waals surface area contributed by atoms with Crippen LogP contribution in [-0.4, -0.2) is 126 Å². The lowest BCUT2D eigenvalue weighted by atomic mass is 9.93. The van der Waals surface area contributed by atoms with Crippen molar-refractivity contribution in [3.05, 3.63) is 33.1 Å². The summed E-state index contributed by atoms with van der Waals surface area (Å²) < 4.78 is 11.6. The number of nitrogens with two attached hydrogens (primary N) is 1. The molecule has 11 N–H and O–H groups in total. The molecule has 3 amide bonds. The van der Waals surface area contributed by atoms with Crippen LogP contribution < -0.4 is 27.6 Å². The Balaban J connectivity index is 1.62. The third-order valence-corrected chi connectivity index (χ3v) is 6.65. The van der Waals surface area contributed by atoms with E-state index in [1.54, 1.807) is 0 Å². The van der Waals surface area contributed by atoms with Gasteiger partial charge >= 0.3 is 5.69 Å². The van der Waals surface area contributed by atoms with E-state index in [-0.39, 0.29) is 12.8 Å². The van der Waals surface area contributed by atoms with Gasteiger partial charge in [0.2, 0.25) is 17.7 Å². The summed E-state index contributed by atoms with van der Waals surface area (Å²) in [6, 6.07) is -0.333. The predicted octanol–water partition coefficient (Wildman–Crippen LogP) is -6.75. The molecule has 0 spiro atoms. The Morgan fingerprint density at radius 3 is 2.25 bits per heavy atom. The molecule has 0 aromatic carbocycles. The first-order valence-electron chi connectivity index (χ1n) is 12.3. The quantitative estimate of drug-likeness (QED) is 0.117. The normalized spacial score (nSPS) is 32.8. The average Bonchev–Trinajstić information content (AvgIpc) is 3.18. The van der Waals surface area contributed by atoms with Crippen molar-refractivity contribution in [1.29, 1.82) is 0 Å². The highest BCUT2D eigenvalue weighted by Crippen LogP contribution is 2.28. The lowest BCUT2D eigenvalue weighted by Crippen LogP contribution is -2.59. The number of aliphatic hydroxyl groups excluding tert-OH is 6. The van der Waals surface area contributed by atoms with Crippen LogP contribution in [0.25, 0.3) is 0 Å². The monoisotopic (exact) mass is 575 g/mol. The van der Waals surface area contributed by atoms with Gasteiger partial charge in [-0.05, 0) is 6.42 Å². The number of nitrogens with zero attached hydrogens (tertiary/aromatic N) is 1. The minimum Gasteiger partial charge on any atom is -0.394 e. The van der Waals surface area contributed by atoms with Crippen molar-refractivity contribution < 1.29 is 54.5 Å². The van der Waals surface area contributed by atoms with Gasteiger partial charge in [-0.25, -0.2) is 4.79 Å². The number of carbonyl (C=O) groups excluding carboxylic acids is 3. The van der Waals surface area contributed by atoms with E-state index < -0.39 is 110 Å². The first kappa shape index (κ1) is 31.3. The zero-order valence-corrected chi connectivity index (χ0v) is 21.0. The Morgan fingerprint density at radius 1 is 0.975 bits per heavy atom. The standard InChI is InChI=1S/C22H33N5O13/c23-12(29)2-1-8(25-14(31)5-9-15(32)18(35)17(34)11(7-28)39-9)20(37)24-6-10-16(33)19(36)21(40-10)27-4-3-13(30)26-22(27)38/h3-4,8-11,15-19,21,28,32-36H,1-2,5-7H2,(H2,23,29)(H,24,37)(H,25,31)(H,26,30,38)/t8-,9+,10+,11+,15-,16+,17-,18+,19+,21+/m0/s1. The molecule has 40 heavy (non-hydrogen) atoms. The first-order chi connectivity index (χ1) is 18.8. The van der Waals surface area contributed by atoms with Crippen molar-refractivity contribution in [3.8, 4) is 0 Å². The van der Waals surface area contributed by atoms with E-state index in [1.807, 2.05) is 4.98 Å². The largest absolute Gasteiger partial charge is 0.394 e. The maximum atomic E-state index is 12.9. The van der Waals surface area contributed by atoms with E-state index in [0.717, 1.165) is 16.8 Å². The summed E-state index contributed by atoms with van der Waals surface area (Å²) in [5.74, 6) is -2.45. The number of nitrogens with one attached hydrogen (secondary N) is 3. The molecular formula is C22H33N5O13. The molecule has 0 saturated carbocycles. The molecule has 2 aliphatic heterocycles. The number of H-pyrrole nitrogens is 1. The van der Waals surface area contributed by atoms with Gasteiger partial charge in [-0.3, -0.25) is 28.7 Å². The molecule has 2 fully saturated rings. The van der Waals surface area contributed by atoms with Crippen LogP contribution >= 0.6 is 0 Å². The number of hydrogen-bond acceptors (Lipinski definition) is 13. The van der Waals surface area contributed by atoms with Crippen LogP contribution in [0.5, 0.6) is 0 Å². The van der Waals surface area contributed by atoms with Crippen LogP contribution in [0.2, 0.25) is 0 Å². The molecule has 1 aromatic rings. The van der Waals surface area contributed by atoms with Crippen LogP contribution in [0, 0.1) is 0 Å². The van der Waals surface area contributed by atoms with E-state index in [9.17, 15) is 54.6 Å². The number of aliphatic hydroxyl groups is 6. The van der Waals surface area contributed by atoms with Gasteiger partial charge in [-0.1, -0.05) is 0 Å². The molecule has 224 valence electrons. The molecule has 0 unspecified atom stereocenters. The summed E-state index contributed by atoms with van der Waals surface area (Å²) in [5, 5.41) is 64.7. The van der Waals surface area contributed by atoms with Gasteiger partial charge in [0.1, 0.15) is 48.8 Å². The minimum absolute atomic E-state index is 0.242. The van der Waals surface area contributed by atoms with Crippen molar-refractivity contribution in [1.82, 2.24) is 20.2 Å². The maximum absolute atomic E-state index is 12.9. The Labute approximate surface area is 225 Å². The molecule has 18 nitrogen and oxygen atoms in total. The van der Waals surface area contributed by atoms with Gasteiger partial charge in [0.05, 0.1) is 19.1 Å². The summed E-state index contributed by atoms with van der Waals surface area (Å²) >= 11 is 0. The molecule has 1 aromatic heterocycles. The Hall–Kier alpha value is -3.23. The van der Waals surface area contributed by atoms with Gasteiger partial charge in [-0.15, -0.1) is 0 Å². The molecule has 18 heteroatoms. The third-order valence-electron chi connectivity index (χ3n) is 6.65. The zero-order chi connectivity index (χ0) is 29.7. The van der Waals surface area contributed by atoms with E-state index in [1.165, 1.54) is 0 Å². The molecule has 0 bridgehead atoms. The lowest BCUT2D eigenvalue weighted by Gasteiger charge is -2.39. The second-order valence-corrected chi connectivity index (χ2v) is 9.51. The second kappa shape index (κ2) is 13.4. The molecule has 0 aliphatic carbocycles. The van der Waals surface area contributed by atoms with Crippen LogP contribution in [0.1, 0.15) is 25.5 Å². The van der Waals surface area contributed by atoms with Crippen molar-refractivity contribution in [3.63, 3.8) is 0 Å². The maximum Gasteiger partial charge on any atom is 0.330 e.